The second-order valence-corrected chi connectivity index (χ2v) is 12.9. The molecule has 0 amide bonds. The van der Waals surface area contributed by atoms with Gasteiger partial charge in [0.1, 0.15) is 0 Å². The summed E-state index contributed by atoms with van der Waals surface area (Å²) in [5.41, 5.74) is 2.56. The largest absolute Gasteiger partial charge is 0.381 e. The van der Waals surface area contributed by atoms with Gasteiger partial charge in [-0.05, 0) is 91.8 Å². The van der Waals surface area contributed by atoms with Crippen LogP contribution in [0.5, 0.6) is 0 Å². The predicted molar refractivity (Wildman–Crippen MR) is 122 cm³/mol. The molecule has 3 heteroatoms. The Morgan fingerprint density at radius 3 is 2.61 bits per heavy atom. The molecule has 3 nitrogen and oxygen atoms in total. The molecule has 0 aromatic rings. The van der Waals surface area contributed by atoms with Crippen LogP contribution in [0.25, 0.3) is 0 Å². The van der Waals surface area contributed by atoms with E-state index < -0.39 is 0 Å². The van der Waals surface area contributed by atoms with Crippen LogP contribution in [0, 0.1) is 46.3 Å². The number of ether oxygens (including phenoxy) is 3. The van der Waals surface area contributed by atoms with Crippen molar-refractivity contribution in [3.05, 3.63) is 11.6 Å². The summed E-state index contributed by atoms with van der Waals surface area (Å²) in [4.78, 5) is 0. The molecule has 1 spiro atoms. The van der Waals surface area contributed by atoms with Crippen molar-refractivity contribution in [3.8, 4) is 0 Å². The van der Waals surface area contributed by atoms with Gasteiger partial charge >= 0.3 is 0 Å². The first-order chi connectivity index (χ1) is 14.8. The molecule has 3 saturated carbocycles. The van der Waals surface area contributed by atoms with Crippen LogP contribution in [0.4, 0.5) is 0 Å². The third-order valence-electron chi connectivity index (χ3n) is 11.7. The lowest BCUT2D eigenvalue weighted by Crippen LogP contribution is -2.52. The monoisotopic (exact) mass is 428 g/mol. The van der Waals surface area contributed by atoms with Crippen LogP contribution in [-0.2, 0) is 14.2 Å². The van der Waals surface area contributed by atoms with Crippen LogP contribution in [0.2, 0.25) is 0 Å². The fraction of sp³-hybridized carbons (Fsp3) is 0.929. The summed E-state index contributed by atoms with van der Waals surface area (Å²) >= 11 is 0. The first kappa shape index (κ1) is 21.2. The van der Waals surface area contributed by atoms with Gasteiger partial charge in [0.2, 0.25) is 0 Å². The Labute approximate surface area is 189 Å². The van der Waals surface area contributed by atoms with Gasteiger partial charge < -0.3 is 14.2 Å². The van der Waals surface area contributed by atoms with Crippen LogP contribution < -0.4 is 0 Å². The summed E-state index contributed by atoms with van der Waals surface area (Å²) in [5.74, 6) is 4.12. The molecular weight excluding hydrogens is 384 g/mol. The molecule has 174 valence electrons. The van der Waals surface area contributed by atoms with Gasteiger partial charge in [-0.1, -0.05) is 39.3 Å². The SMILES string of the molecule is CO[C@H]1CC[C@@]2(C)C(=CC[C@H]3[C@@H]4C[C@@H]5O[C@]6(CC[C@@H](C)CO6)C(C)[C@@H]5[C@@]4(C)CC[C@@H]32)C1. The van der Waals surface area contributed by atoms with E-state index in [9.17, 15) is 0 Å². The lowest BCUT2D eigenvalue weighted by atomic mass is 9.47. The van der Waals surface area contributed by atoms with Gasteiger partial charge in [0.15, 0.2) is 5.79 Å². The van der Waals surface area contributed by atoms with Crippen molar-refractivity contribution in [1.82, 2.24) is 0 Å². The van der Waals surface area contributed by atoms with E-state index in [1.165, 1.54) is 51.4 Å². The van der Waals surface area contributed by atoms with Gasteiger partial charge in [-0.2, -0.15) is 0 Å². The number of hydrogen-bond donors (Lipinski definition) is 0. The first-order valence-corrected chi connectivity index (χ1v) is 13.3. The Bertz CT molecular complexity index is 751. The fourth-order valence-electron chi connectivity index (χ4n) is 9.85. The Hall–Kier alpha value is -0.380. The number of allylic oxidation sites excluding steroid dienone is 1. The summed E-state index contributed by atoms with van der Waals surface area (Å²) < 4.78 is 19.2. The van der Waals surface area contributed by atoms with Crippen molar-refractivity contribution in [2.75, 3.05) is 13.7 Å². The van der Waals surface area contributed by atoms with Crippen molar-refractivity contribution < 1.29 is 14.2 Å². The molecule has 11 atom stereocenters. The molecule has 31 heavy (non-hydrogen) atoms. The molecule has 1 unspecified atom stereocenters. The Balaban J connectivity index is 1.27. The normalized spacial score (nSPS) is 58.3. The van der Waals surface area contributed by atoms with Crippen molar-refractivity contribution >= 4 is 0 Å². The van der Waals surface area contributed by atoms with E-state index in [2.05, 4.69) is 33.8 Å². The highest BCUT2D eigenvalue weighted by Gasteiger charge is 2.68. The van der Waals surface area contributed by atoms with E-state index in [0.717, 1.165) is 30.8 Å². The topological polar surface area (TPSA) is 27.7 Å². The van der Waals surface area contributed by atoms with Gasteiger partial charge in [-0.3, -0.25) is 0 Å². The maximum Gasteiger partial charge on any atom is 0.171 e. The van der Waals surface area contributed by atoms with Crippen LogP contribution in [0.3, 0.4) is 0 Å². The van der Waals surface area contributed by atoms with Crippen molar-refractivity contribution in [1.29, 1.82) is 0 Å². The Morgan fingerprint density at radius 1 is 1.03 bits per heavy atom. The second kappa shape index (κ2) is 7.06. The minimum Gasteiger partial charge on any atom is -0.381 e. The maximum atomic E-state index is 6.92. The average Bonchev–Trinajstić information content (AvgIpc) is 3.20. The Morgan fingerprint density at radius 2 is 1.87 bits per heavy atom. The van der Waals surface area contributed by atoms with Gasteiger partial charge in [-0.15, -0.1) is 0 Å². The molecule has 0 bridgehead atoms. The minimum absolute atomic E-state index is 0.281. The summed E-state index contributed by atoms with van der Waals surface area (Å²) in [6.07, 6.45) is 14.9. The van der Waals surface area contributed by atoms with Gasteiger partial charge in [0.05, 0.1) is 18.8 Å². The predicted octanol–water partition coefficient (Wildman–Crippen LogP) is 6.37. The third-order valence-corrected chi connectivity index (χ3v) is 11.7. The standard InChI is InChI=1S/C28H44O3/c1-17-8-13-28(30-16-17)18(2)25-24(31-28)15-23-21-7-6-19-14-20(29-5)9-11-26(19,3)22(21)10-12-27(23,25)4/h6,17-18,20-25H,7-16H2,1-5H3/t17-,18?,20+,21-,22+,23+,24+,25+,26+,27+,28-/m1/s1. The zero-order chi connectivity index (χ0) is 21.6. The lowest BCUT2D eigenvalue weighted by Gasteiger charge is -2.58. The van der Waals surface area contributed by atoms with Crippen molar-refractivity contribution in [2.45, 2.75) is 103 Å². The summed E-state index contributed by atoms with van der Waals surface area (Å²) in [6, 6.07) is 0. The second-order valence-electron chi connectivity index (χ2n) is 12.9. The first-order valence-electron chi connectivity index (χ1n) is 13.3. The number of fused-ring (bicyclic) bond motifs is 7. The van der Waals surface area contributed by atoms with Crippen molar-refractivity contribution in [2.24, 2.45) is 46.3 Å². The molecule has 4 aliphatic carbocycles. The Kier molecular flexibility index (Phi) is 4.82. The molecular formula is C28H44O3. The average molecular weight is 429 g/mol. The van der Waals surface area contributed by atoms with Crippen LogP contribution in [0.15, 0.2) is 11.6 Å². The number of methoxy groups -OCH3 is 1. The molecule has 0 aromatic carbocycles. The van der Waals surface area contributed by atoms with E-state index in [4.69, 9.17) is 14.2 Å². The summed E-state index contributed by atoms with van der Waals surface area (Å²) in [5, 5.41) is 0. The van der Waals surface area contributed by atoms with Crippen molar-refractivity contribution in [3.63, 3.8) is 0 Å². The van der Waals surface area contributed by atoms with E-state index in [-0.39, 0.29) is 5.79 Å². The fourth-order valence-corrected chi connectivity index (χ4v) is 9.85. The van der Waals surface area contributed by atoms with Crippen LogP contribution in [-0.4, -0.2) is 31.7 Å². The van der Waals surface area contributed by atoms with E-state index in [1.807, 2.05) is 7.11 Å². The molecule has 5 fully saturated rings. The van der Waals surface area contributed by atoms with E-state index in [1.54, 1.807) is 5.57 Å². The minimum atomic E-state index is -0.281. The quantitative estimate of drug-likeness (QED) is 0.454. The van der Waals surface area contributed by atoms with Gasteiger partial charge in [0, 0.05) is 19.4 Å². The van der Waals surface area contributed by atoms with Gasteiger partial charge in [-0.25, -0.2) is 0 Å². The molecule has 0 N–H and O–H groups in total. The molecule has 2 saturated heterocycles. The smallest absolute Gasteiger partial charge is 0.171 e. The zero-order valence-corrected chi connectivity index (χ0v) is 20.5. The molecule has 6 aliphatic rings. The van der Waals surface area contributed by atoms with Crippen LogP contribution >= 0.6 is 0 Å². The van der Waals surface area contributed by atoms with E-state index in [0.29, 0.717) is 40.8 Å². The highest BCUT2D eigenvalue weighted by molar-refractivity contribution is 5.26. The zero-order valence-electron chi connectivity index (χ0n) is 20.5. The maximum absolute atomic E-state index is 6.92. The van der Waals surface area contributed by atoms with Gasteiger partial charge in [0.25, 0.3) is 0 Å². The summed E-state index contributed by atoms with van der Waals surface area (Å²) in [7, 11) is 1.90. The molecule has 2 aliphatic heterocycles. The third kappa shape index (κ3) is 2.81. The number of hydrogen-bond acceptors (Lipinski definition) is 3. The van der Waals surface area contributed by atoms with E-state index >= 15 is 0 Å². The summed E-state index contributed by atoms with van der Waals surface area (Å²) in [6.45, 7) is 10.9. The van der Waals surface area contributed by atoms with Crippen LogP contribution in [0.1, 0.15) is 85.5 Å². The molecule has 2 heterocycles. The lowest BCUT2D eigenvalue weighted by molar-refractivity contribution is -0.272. The highest BCUT2D eigenvalue weighted by Crippen LogP contribution is 2.70. The number of rotatable bonds is 1. The molecule has 0 radical (unpaired) electrons. The highest BCUT2D eigenvalue weighted by atomic mass is 16.7. The molecule has 6 rings (SSSR count). The molecule has 0 aromatic heterocycles.